The van der Waals surface area contributed by atoms with Gasteiger partial charge in [-0.15, -0.1) is 0 Å². The van der Waals surface area contributed by atoms with E-state index in [9.17, 15) is 13.2 Å². The van der Waals surface area contributed by atoms with Gasteiger partial charge in [-0.2, -0.15) is 4.31 Å². The number of sulfonamides is 1. The van der Waals surface area contributed by atoms with Crippen LogP contribution < -0.4 is 4.74 Å². The second kappa shape index (κ2) is 10.0. The van der Waals surface area contributed by atoms with Gasteiger partial charge in [-0.25, -0.2) is 8.42 Å². The zero-order chi connectivity index (χ0) is 23.5. The van der Waals surface area contributed by atoms with Crippen LogP contribution >= 0.6 is 0 Å². The number of nitrogens with zero attached hydrogens (tertiary/aromatic N) is 4. The Kier molecular flexibility index (Phi) is 7.58. The summed E-state index contributed by atoms with van der Waals surface area (Å²) in [5.41, 5.74) is 2.32. The third kappa shape index (κ3) is 4.82. The van der Waals surface area contributed by atoms with E-state index in [1.807, 2.05) is 13.8 Å². The molecule has 9 nitrogen and oxygen atoms in total. The summed E-state index contributed by atoms with van der Waals surface area (Å²) >= 11 is 0. The van der Waals surface area contributed by atoms with Crippen molar-refractivity contribution in [2.24, 2.45) is 0 Å². The lowest BCUT2D eigenvalue weighted by Crippen LogP contribution is -2.48. The van der Waals surface area contributed by atoms with E-state index in [4.69, 9.17) is 9.26 Å². The van der Waals surface area contributed by atoms with Gasteiger partial charge in [-0.3, -0.25) is 9.69 Å². The van der Waals surface area contributed by atoms with Crippen LogP contribution in [0.25, 0.3) is 0 Å². The first-order valence-electron chi connectivity index (χ1n) is 10.8. The van der Waals surface area contributed by atoms with Gasteiger partial charge < -0.3 is 14.2 Å². The highest BCUT2D eigenvalue weighted by molar-refractivity contribution is 7.89. The second-order valence-corrected chi connectivity index (χ2v) is 9.73. The van der Waals surface area contributed by atoms with Gasteiger partial charge in [-0.1, -0.05) is 19.0 Å². The highest BCUT2D eigenvalue weighted by Crippen LogP contribution is 2.28. The Morgan fingerprint density at radius 2 is 1.81 bits per heavy atom. The molecule has 0 aliphatic carbocycles. The van der Waals surface area contributed by atoms with E-state index in [-0.39, 0.29) is 16.6 Å². The van der Waals surface area contributed by atoms with Crippen molar-refractivity contribution < 1.29 is 22.5 Å². The van der Waals surface area contributed by atoms with Gasteiger partial charge in [-0.05, 0) is 32.0 Å². The first kappa shape index (κ1) is 24.2. The molecule has 0 saturated carbocycles. The van der Waals surface area contributed by atoms with Crippen LogP contribution in [0, 0.1) is 13.8 Å². The predicted octanol–water partition coefficient (Wildman–Crippen LogP) is 2.29. The first-order valence-corrected chi connectivity index (χ1v) is 12.3. The number of rotatable bonds is 8. The van der Waals surface area contributed by atoms with E-state index in [2.05, 4.69) is 10.1 Å². The summed E-state index contributed by atoms with van der Waals surface area (Å²) in [7, 11) is -2.34. The van der Waals surface area contributed by atoms with Crippen LogP contribution in [-0.2, 0) is 16.6 Å². The maximum Gasteiger partial charge on any atom is 0.253 e. The number of methoxy groups -OCH3 is 1. The molecule has 0 spiro atoms. The van der Waals surface area contributed by atoms with Crippen molar-refractivity contribution in [3.63, 3.8) is 0 Å². The average molecular weight is 465 g/mol. The molecule has 0 unspecified atom stereocenters. The van der Waals surface area contributed by atoms with Crippen molar-refractivity contribution in [2.75, 3.05) is 46.4 Å². The number of benzene rings is 1. The molecule has 2 heterocycles. The number of hydrogen-bond donors (Lipinski definition) is 0. The fourth-order valence-electron chi connectivity index (χ4n) is 3.96. The average Bonchev–Trinajstić information content (AvgIpc) is 3.11. The lowest BCUT2D eigenvalue weighted by molar-refractivity contribution is 0.0627. The summed E-state index contributed by atoms with van der Waals surface area (Å²) in [5.74, 6) is 0.875. The number of amides is 1. The van der Waals surface area contributed by atoms with Gasteiger partial charge in [0.2, 0.25) is 10.0 Å². The number of ether oxygens (including phenoxy) is 1. The Balaban J connectivity index is 1.74. The van der Waals surface area contributed by atoms with Gasteiger partial charge in [0.05, 0.1) is 12.8 Å². The molecule has 0 bridgehead atoms. The van der Waals surface area contributed by atoms with Crippen molar-refractivity contribution >= 4 is 15.9 Å². The van der Waals surface area contributed by atoms with Crippen molar-refractivity contribution in [2.45, 2.75) is 39.1 Å². The topological polar surface area (TPSA) is 96.2 Å². The smallest absolute Gasteiger partial charge is 0.253 e. The lowest BCUT2D eigenvalue weighted by atomic mass is 10.1. The standard InChI is InChI=1S/C22H32N4O5S/c1-6-26(7-2)32(28,29)21-14-18(8-9-20(21)30-5)22(27)25-12-10-24(11-13-25)15-19-16(3)23-31-17(19)4/h8-9,14H,6-7,10-13,15H2,1-5H3. The van der Waals surface area contributed by atoms with Crippen LogP contribution in [0.1, 0.15) is 41.2 Å². The van der Waals surface area contributed by atoms with Crippen LogP contribution in [0.15, 0.2) is 27.6 Å². The quantitative estimate of drug-likeness (QED) is 0.591. The number of aryl methyl sites for hydroxylation is 2. The largest absolute Gasteiger partial charge is 0.495 e. The van der Waals surface area contributed by atoms with Crippen LogP contribution in [-0.4, -0.2) is 80.0 Å². The van der Waals surface area contributed by atoms with Crippen LogP contribution in [0.5, 0.6) is 5.75 Å². The van der Waals surface area contributed by atoms with E-state index < -0.39 is 10.0 Å². The Morgan fingerprint density at radius 3 is 2.34 bits per heavy atom. The number of aromatic nitrogens is 1. The van der Waals surface area contributed by atoms with E-state index in [0.29, 0.717) is 31.7 Å². The molecule has 2 aromatic rings. The molecule has 1 saturated heterocycles. The second-order valence-electron chi connectivity index (χ2n) is 7.83. The number of carbonyl (C=O) groups excluding carboxylic acids is 1. The molecule has 1 aromatic heterocycles. The molecule has 1 amide bonds. The minimum Gasteiger partial charge on any atom is -0.495 e. The summed E-state index contributed by atoms with van der Waals surface area (Å²) in [6.45, 7) is 11.4. The molecule has 1 aliphatic heterocycles. The van der Waals surface area contributed by atoms with E-state index in [1.54, 1.807) is 30.9 Å². The Hall–Kier alpha value is -2.43. The Morgan fingerprint density at radius 1 is 1.16 bits per heavy atom. The van der Waals surface area contributed by atoms with Gasteiger partial charge >= 0.3 is 0 Å². The van der Waals surface area contributed by atoms with Crippen LogP contribution in [0.2, 0.25) is 0 Å². The first-order chi connectivity index (χ1) is 15.2. The molecule has 10 heteroatoms. The molecular formula is C22H32N4O5S. The van der Waals surface area contributed by atoms with Gasteiger partial charge in [0.15, 0.2) is 0 Å². The number of piperazine rings is 1. The van der Waals surface area contributed by atoms with Crippen molar-refractivity contribution in [1.29, 1.82) is 0 Å². The summed E-state index contributed by atoms with van der Waals surface area (Å²) in [6.07, 6.45) is 0. The Labute approximate surface area is 190 Å². The molecule has 0 radical (unpaired) electrons. The number of hydrogen-bond acceptors (Lipinski definition) is 7. The summed E-state index contributed by atoms with van der Waals surface area (Å²) in [5, 5.41) is 4.00. The third-order valence-electron chi connectivity index (χ3n) is 5.96. The van der Waals surface area contributed by atoms with Gasteiger partial charge in [0.25, 0.3) is 5.91 Å². The van der Waals surface area contributed by atoms with E-state index in [0.717, 1.165) is 36.7 Å². The SMILES string of the molecule is CCN(CC)S(=O)(=O)c1cc(C(=O)N2CCN(Cc3c(C)noc3C)CC2)ccc1OC. The molecule has 3 rings (SSSR count). The maximum atomic E-state index is 13.2. The molecule has 1 aliphatic rings. The highest BCUT2D eigenvalue weighted by Gasteiger charge is 2.29. The molecule has 32 heavy (non-hydrogen) atoms. The molecule has 1 aromatic carbocycles. The highest BCUT2D eigenvalue weighted by atomic mass is 32.2. The fourth-order valence-corrected chi connectivity index (χ4v) is 5.60. The van der Waals surface area contributed by atoms with Crippen molar-refractivity contribution in [1.82, 2.24) is 19.3 Å². The molecule has 0 atom stereocenters. The molecule has 0 N–H and O–H groups in total. The lowest BCUT2D eigenvalue weighted by Gasteiger charge is -2.34. The minimum atomic E-state index is -3.76. The predicted molar refractivity (Wildman–Crippen MR) is 120 cm³/mol. The molecule has 176 valence electrons. The molecule has 1 fully saturated rings. The Bertz CT molecular complexity index is 1030. The normalized spacial score (nSPS) is 15.4. The summed E-state index contributed by atoms with van der Waals surface area (Å²) < 4.78 is 38.0. The monoisotopic (exact) mass is 464 g/mol. The minimum absolute atomic E-state index is 0.0200. The summed E-state index contributed by atoms with van der Waals surface area (Å²) in [4.78, 5) is 17.2. The third-order valence-corrected chi connectivity index (χ3v) is 8.03. The van der Waals surface area contributed by atoms with Gasteiger partial charge in [0, 0.05) is 56.9 Å². The van der Waals surface area contributed by atoms with Crippen molar-refractivity contribution in [3.05, 3.63) is 40.8 Å². The molecular weight excluding hydrogens is 432 g/mol. The fraction of sp³-hybridized carbons (Fsp3) is 0.545. The maximum absolute atomic E-state index is 13.2. The van der Waals surface area contributed by atoms with Crippen LogP contribution in [0.3, 0.4) is 0 Å². The zero-order valence-electron chi connectivity index (χ0n) is 19.4. The summed E-state index contributed by atoms with van der Waals surface area (Å²) in [6, 6.07) is 4.61. The zero-order valence-corrected chi connectivity index (χ0v) is 20.2. The van der Waals surface area contributed by atoms with E-state index in [1.165, 1.54) is 17.5 Å². The van der Waals surface area contributed by atoms with Crippen molar-refractivity contribution in [3.8, 4) is 5.75 Å². The van der Waals surface area contributed by atoms with Gasteiger partial charge in [0.1, 0.15) is 16.4 Å². The number of carbonyl (C=O) groups is 1. The van der Waals surface area contributed by atoms with Crippen LogP contribution in [0.4, 0.5) is 0 Å². The van der Waals surface area contributed by atoms with E-state index >= 15 is 0 Å².